The minimum Gasteiger partial charge on any atom is -0.406 e. The van der Waals surface area contributed by atoms with Crippen LogP contribution in [0.3, 0.4) is 0 Å². The number of halogens is 4. The van der Waals surface area contributed by atoms with Crippen molar-refractivity contribution < 1.29 is 27.1 Å². The summed E-state index contributed by atoms with van der Waals surface area (Å²) in [6, 6.07) is 8.53. The number of rotatable bonds is 6. The molecule has 1 N–H and O–H groups in total. The first-order chi connectivity index (χ1) is 14.5. The molecular formula is C21H19F4N3O3. The number of hydrogen-bond donors (Lipinski definition) is 1. The lowest BCUT2D eigenvalue weighted by atomic mass is 10.1. The Kier molecular flexibility index (Phi) is 6.28. The number of carbonyl (C=O) groups excluding carboxylic acids is 1. The molecule has 1 aromatic heterocycles. The Morgan fingerprint density at radius 2 is 1.94 bits per heavy atom. The molecule has 0 unspecified atom stereocenters. The number of hydrogen-bond acceptors (Lipinski definition) is 4. The van der Waals surface area contributed by atoms with Crippen LogP contribution in [0.15, 0.2) is 47.3 Å². The fourth-order valence-electron chi connectivity index (χ4n) is 3.02. The van der Waals surface area contributed by atoms with Gasteiger partial charge in [0.05, 0.1) is 17.3 Å². The second kappa shape index (κ2) is 8.75. The van der Waals surface area contributed by atoms with E-state index in [0.717, 1.165) is 28.9 Å². The summed E-state index contributed by atoms with van der Waals surface area (Å²) in [6.07, 6.45) is -4.82. The summed E-state index contributed by atoms with van der Waals surface area (Å²) in [5, 5.41) is 0.120. The molecule has 0 radical (unpaired) electrons. The van der Waals surface area contributed by atoms with Crippen molar-refractivity contribution >= 4 is 16.8 Å². The second-order valence-corrected chi connectivity index (χ2v) is 7.34. The highest BCUT2D eigenvalue weighted by Gasteiger charge is 2.31. The summed E-state index contributed by atoms with van der Waals surface area (Å²) >= 11 is 0. The van der Waals surface area contributed by atoms with Crippen molar-refractivity contribution in [2.45, 2.75) is 33.1 Å². The Bertz CT molecular complexity index is 1170. The van der Waals surface area contributed by atoms with Gasteiger partial charge in [-0.1, -0.05) is 26.0 Å². The van der Waals surface area contributed by atoms with Gasteiger partial charge in [0.15, 0.2) is 0 Å². The fourth-order valence-corrected chi connectivity index (χ4v) is 3.02. The first-order valence-corrected chi connectivity index (χ1v) is 9.37. The average molecular weight is 437 g/mol. The molecule has 1 heterocycles. The molecule has 0 spiro atoms. The molecule has 0 saturated heterocycles. The summed E-state index contributed by atoms with van der Waals surface area (Å²) in [4.78, 5) is 29.7. The number of fused-ring (bicyclic) bond motifs is 1. The molecule has 0 aliphatic rings. The maximum Gasteiger partial charge on any atom is 0.573 e. The van der Waals surface area contributed by atoms with Gasteiger partial charge >= 0.3 is 6.36 Å². The number of nitrogens with zero attached hydrogens (tertiary/aromatic N) is 2. The van der Waals surface area contributed by atoms with Crippen LogP contribution in [-0.2, 0) is 17.6 Å². The van der Waals surface area contributed by atoms with Gasteiger partial charge in [-0.3, -0.25) is 15.0 Å². The summed E-state index contributed by atoms with van der Waals surface area (Å²) in [5.74, 6) is -1.32. The Labute approximate surface area is 174 Å². The zero-order valence-electron chi connectivity index (χ0n) is 16.7. The summed E-state index contributed by atoms with van der Waals surface area (Å²) in [5.41, 5.74) is 2.30. The van der Waals surface area contributed by atoms with Gasteiger partial charge < -0.3 is 4.74 Å². The molecule has 3 aromatic rings. The monoisotopic (exact) mass is 437 g/mol. The predicted octanol–water partition coefficient (Wildman–Crippen LogP) is 3.95. The van der Waals surface area contributed by atoms with E-state index in [0.29, 0.717) is 6.42 Å². The van der Waals surface area contributed by atoms with Gasteiger partial charge in [0.2, 0.25) is 5.91 Å². The molecular weight excluding hydrogens is 418 g/mol. The molecule has 0 bridgehead atoms. The number of carbonyl (C=O) groups is 1. The average Bonchev–Trinajstić information content (AvgIpc) is 2.63. The zero-order chi connectivity index (χ0) is 22.8. The zero-order valence-corrected chi connectivity index (χ0v) is 16.7. The normalized spacial score (nSPS) is 11.7. The van der Waals surface area contributed by atoms with E-state index < -0.39 is 29.4 Å². The predicted molar refractivity (Wildman–Crippen MR) is 106 cm³/mol. The third-order valence-corrected chi connectivity index (χ3v) is 4.22. The lowest BCUT2D eigenvalue weighted by Crippen LogP contribution is -2.37. The van der Waals surface area contributed by atoms with E-state index in [1.807, 2.05) is 13.8 Å². The second-order valence-electron chi connectivity index (χ2n) is 7.34. The van der Waals surface area contributed by atoms with Gasteiger partial charge in [-0.15, -0.1) is 13.2 Å². The molecule has 0 aliphatic carbocycles. The fraction of sp³-hybridized carbons (Fsp3) is 0.286. The molecule has 0 aliphatic heterocycles. The van der Waals surface area contributed by atoms with Crippen LogP contribution in [0.2, 0.25) is 0 Å². The minimum atomic E-state index is -4.85. The van der Waals surface area contributed by atoms with Crippen molar-refractivity contribution in [3.63, 3.8) is 0 Å². The van der Waals surface area contributed by atoms with Crippen LogP contribution in [0.5, 0.6) is 5.75 Å². The Morgan fingerprint density at radius 3 is 2.61 bits per heavy atom. The summed E-state index contributed by atoms with van der Waals surface area (Å²) in [7, 11) is 0. The van der Waals surface area contributed by atoms with E-state index in [4.69, 9.17) is 0 Å². The topological polar surface area (TPSA) is 73.2 Å². The number of benzene rings is 2. The highest BCUT2D eigenvalue weighted by atomic mass is 19.4. The van der Waals surface area contributed by atoms with E-state index in [-0.39, 0.29) is 34.6 Å². The molecule has 3 rings (SSSR count). The maximum absolute atomic E-state index is 13.6. The van der Waals surface area contributed by atoms with E-state index >= 15 is 0 Å². The number of nitrogens with one attached hydrogen (secondary N) is 1. The standard InChI is InChI=1S/C21H19F4N3O3/c1-12(2)8-18-26-17-11-14(22)6-7-16(17)20(30)28(18)27-19(29)10-13-4-3-5-15(9-13)31-21(23,24)25/h3-7,9,11-12H,8,10H2,1-2H3,(H,27,29). The van der Waals surface area contributed by atoms with Gasteiger partial charge in [-0.25, -0.2) is 14.1 Å². The van der Waals surface area contributed by atoms with Crippen molar-refractivity contribution in [3.8, 4) is 5.75 Å². The summed E-state index contributed by atoms with van der Waals surface area (Å²) < 4.78 is 55.6. The molecule has 0 saturated carbocycles. The van der Waals surface area contributed by atoms with Crippen molar-refractivity contribution in [1.82, 2.24) is 9.66 Å². The SMILES string of the molecule is CC(C)Cc1nc2cc(F)ccc2c(=O)n1NC(=O)Cc1cccc(OC(F)(F)F)c1. The van der Waals surface area contributed by atoms with Crippen LogP contribution in [0.4, 0.5) is 17.6 Å². The molecule has 1 amide bonds. The van der Waals surface area contributed by atoms with E-state index in [2.05, 4.69) is 15.1 Å². The van der Waals surface area contributed by atoms with Crippen LogP contribution in [-0.4, -0.2) is 21.9 Å². The van der Waals surface area contributed by atoms with Gasteiger partial charge in [0.1, 0.15) is 17.4 Å². The number of alkyl halides is 3. The molecule has 6 nitrogen and oxygen atoms in total. The van der Waals surface area contributed by atoms with Crippen molar-refractivity contribution in [3.05, 3.63) is 70.0 Å². The highest BCUT2D eigenvalue weighted by Crippen LogP contribution is 2.23. The van der Waals surface area contributed by atoms with Crippen molar-refractivity contribution in [1.29, 1.82) is 0 Å². The van der Waals surface area contributed by atoms with Crippen LogP contribution in [0.25, 0.3) is 10.9 Å². The van der Waals surface area contributed by atoms with Crippen LogP contribution in [0, 0.1) is 11.7 Å². The third kappa shape index (κ3) is 5.80. The lowest BCUT2D eigenvalue weighted by molar-refractivity contribution is -0.274. The first-order valence-electron chi connectivity index (χ1n) is 9.37. The van der Waals surface area contributed by atoms with Crippen molar-refractivity contribution in [2.75, 3.05) is 5.43 Å². The third-order valence-electron chi connectivity index (χ3n) is 4.22. The number of amides is 1. The van der Waals surface area contributed by atoms with E-state index in [9.17, 15) is 27.2 Å². The largest absolute Gasteiger partial charge is 0.573 e. The van der Waals surface area contributed by atoms with Crippen LogP contribution >= 0.6 is 0 Å². The smallest absolute Gasteiger partial charge is 0.406 e. The Hall–Kier alpha value is -3.43. The number of ether oxygens (including phenoxy) is 1. The van der Waals surface area contributed by atoms with Gasteiger partial charge in [0, 0.05) is 12.5 Å². The Morgan fingerprint density at radius 1 is 1.19 bits per heavy atom. The van der Waals surface area contributed by atoms with Crippen LogP contribution < -0.4 is 15.7 Å². The molecule has 0 atom stereocenters. The number of aromatic nitrogens is 2. The molecule has 2 aromatic carbocycles. The highest BCUT2D eigenvalue weighted by molar-refractivity contribution is 5.86. The first kappa shape index (κ1) is 22.3. The van der Waals surface area contributed by atoms with E-state index in [1.54, 1.807) is 0 Å². The summed E-state index contributed by atoms with van der Waals surface area (Å²) in [6.45, 7) is 3.78. The molecule has 164 valence electrons. The van der Waals surface area contributed by atoms with Gasteiger partial charge in [0.25, 0.3) is 5.56 Å². The van der Waals surface area contributed by atoms with Crippen molar-refractivity contribution in [2.24, 2.45) is 5.92 Å². The van der Waals surface area contributed by atoms with E-state index in [1.165, 1.54) is 18.2 Å². The maximum atomic E-state index is 13.6. The molecule has 31 heavy (non-hydrogen) atoms. The van der Waals surface area contributed by atoms with Crippen LogP contribution in [0.1, 0.15) is 25.2 Å². The quantitative estimate of drug-likeness (QED) is 0.593. The lowest BCUT2D eigenvalue weighted by Gasteiger charge is -2.16. The van der Waals surface area contributed by atoms with Gasteiger partial charge in [-0.2, -0.15) is 0 Å². The Balaban J connectivity index is 1.89. The van der Waals surface area contributed by atoms with Gasteiger partial charge in [-0.05, 0) is 35.7 Å². The molecule has 10 heteroatoms. The minimum absolute atomic E-state index is 0.0808. The molecule has 0 fully saturated rings.